The van der Waals surface area contributed by atoms with E-state index < -0.39 is 6.09 Å². The number of amides is 1. The number of aryl methyl sites for hydroxylation is 1. The number of carbonyl (C=O) groups is 1. The topological polar surface area (TPSA) is 124 Å². The third kappa shape index (κ3) is 2.75. The Morgan fingerprint density at radius 1 is 1.39 bits per heavy atom. The number of hydrogen-bond acceptors (Lipinski definition) is 6. The van der Waals surface area contributed by atoms with E-state index in [-0.39, 0.29) is 24.0 Å². The fourth-order valence-corrected chi connectivity index (χ4v) is 4.60. The maximum Gasteiger partial charge on any atom is 0.404 e. The largest absolute Gasteiger partial charge is 0.444 e. The van der Waals surface area contributed by atoms with Crippen molar-refractivity contribution in [2.24, 2.45) is 24.6 Å². The first-order valence-corrected chi connectivity index (χ1v) is 9.73. The Morgan fingerprint density at radius 2 is 2.21 bits per heavy atom. The number of anilines is 1. The monoisotopic (exact) mass is 443 g/mol. The van der Waals surface area contributed by atoms with Gasteiger partial charge in [-0.05, 0) is 22.4 Å². The van der Waals surface area contributed by atoms with Gasteiger partial charge in [-0.2, -0.15) is 5.10 Å². The highest BCUT2D eigenvalue weighted by atomic mass is 79.9. The molecule has 2 aliphatic rings. The van der Waals surface area contributed by atoms with Gasteiger partial charge >= 0.3 is 6.09 Å². The average Bonchev–Trinajstić information content (AvgIpc) is 3.41. The predicted molar refractivity (Wildman–Crippen MR) is 106 cm³/mol. The Hall–Kier alpha value is -2.88. The number of pyridine rings is 1. The fourth-order valence-electron chi connectivity index (χ4n) is 4.18. The van der Waals surface area contributed by atoms with Gasteiger partial charge in [0.1, 0.15) is 17.4 Å². The van der Waals surface area contributed by atoms with Crippen LogP contribution in [0.15, 0.2) is 35.2 Å². The molecule has 3 aromatic heterocycles. The Kier molecular flexibility index (Phi) is 3.90. The molecule has 3 heterocycles. The second kappa shape index (κ2) is 6.33. The van der Waals surface area contributed by atoms with Crippen LogP contribution in [0.5, 0.6) is 0 Å². The van der Waals surface area contributed by atoms with Crippen molar-refractivity contribution in [2.75, 3.05) is 5.32 Å². The molecule has 0 aromatic carbocycles. The molecule has 0 aliphatic heterocycles. The number of imidazole rings is 1. The number of carbonyl (C=O) groups excluding carboxylic acids is 1. The number of rotatable bonds is 4. The summed E-state index contributed by atoms with van der Waals surface area (Å²) in [6.07, 6.45) is 9.50. The van der Waals surface area contributed by atoms with Crippen LogP contribution in [0.3, 0.4) is 0 Å². The number of primary amides is 1. The molecule has 28 heavy (non-hydrogen) atoms. The van der Waals surface area contributed by atoms with Crippen molar-refractivity contribution >= 4 is 38.9 Å². The zero-order valence-electron chi connectivity index (χ0n) is 15.0. The second-order valence-electron chi connectivity index (χ2n) is 7.19. The van der Waals surface area contributed by atoms with Crippen LogP contribution in [0.25, 0.3) is 22.6 Å². The van der Waals surface area contributed by atoms with Gasteiger partial charge in [0, 0.05) is 31.3 Å². The van der Waals surface area contributed by atoms with E-state index in [1.54, 1.807) is 17.1 Å². The molecule has 10 heteroatoms. The smallest absolute Gasteiger partial charge is 0.404 e. The summed E-state index contributed by atoms with van der Waals surface area (Å²) in [6.45, 7) is 0. The summed E-state index contributed by atoms with van der Waals surface area (Å²) < 4.78 is 7.93. The number of nitrogens with two attached hydrogens (primary N) is 1. The molecule has 4 atom stereocenters. The summed E-state index contributed by atoms with van der Waals surface area (Å²) in [7, 11) is 1.86. The first-order chi connectivity index (χ1) is 13.5. The van der Waals surface area contributed by atoms with E-state index in [0.29, 0.717) is 11.5 Å². The lowest BCUT2D eigenvalue weighted by molar-refractivity contribution is 0.0854. The van der Waals surface area contributed by atoms with E-state index in [2.05, 4.69) is 53.4 Å². The quantitative estimate of drug-likeness (QED) is 0.532. The molecular weight excluding hydrogens is 426 g/mol. The minimum absolute atomic E-state index is 0.0745. The predicted octanol–water partition coefficient (Wildman–Crippen LogP) is 2.57. The molecule has 0 spiro atoms. The van der Waals surface area contributed by atoms with Gasteiger partial charge in [-0.3, -0.25) is 4.68 Å². The summed E-state index contributed by atoms with van der Waals surface area (Å²) in [5.74, 6) is 1.14. The molecule has 2 bridgehead atoms. The van der Waals surface area contributed by atoms with E-state index in [9.17, 15) is 4.79 Å². The molecule has 0 unspecified atom stereocenters. The van der Waals surface area contributed by atoms with Crippen LogP contribution >= 0.6 is 15.9 Å². The molecule has 2 aliphatic carbocycles. The van der Waals surface area contributed by atoms with Crippen LogP contribution in [0.2, 0.25) is 0 Å². The van der Waals surface area contributed by atoms with Crippen molar-refractivity contribution < 1.29 is 9.53 Å². The van der Waals surface area contributed by atoms with E-state index in [1.807, 2.05) is 13.2 Å². The van der Waals surface area contributed by atoms with Crippen LogP contribution in [0, 0.1) is 11.8 Å². The summed E-state index contributed by atoms with van der Waals surface area (Å²) in [5.41, 5.74) is 8.37. The summed E-state index contributed by atoms with van der Waals surface area (Å²) in [5, 5.41) is 7.74. The zero-order chi connectivity index (χ0) is 19.4. The summed E-state index contributed by atoms with van der Waals surface area (Å²) >= 11 is 3.58. The molecule has 9 nitrogen and oxygen atoms in total. The van der Waals surface area contributed by atoms with Gasteiger partial charge in [0.2, 0.25) is 0 Å². The number of nitrogens with zero attached hydrogens (tertiary/aromatic N) is 4. The van der Waals surface area contributed by atoms with Crippen LogP contribution in [0.1, 0.15) is 6.42 Å². The van der Waals surface area contributed by atoms with Crippen molar-refractivity contribution in [3.8, 4) is 11.4 Å². The van der Waals surface area contributed by atoms with Gasteiger partial charge < -0.3 is 20.8 Å². The third-order valence-corrected chi connectivity index (χ3v) is 6.00. The van der Waals surface area contributed by atoms with Gasteiger partial charge in [-0.15, -0.1) is 0 Å². The highest BCUT2D eigenvalue weighted by molar-refractivity contribution is 9.10. The van der Waals surface area contributed by atoms with Gasteiger partial charge in [0.05, 0.1) is 28.0 Å². The maximum atomic E-state index is 11.4. The molecule has 1 saturated carbocycles. The maximum absolute atomic E-state index is 11.4. The lowest BCUT2D eigenvalue weighted by Gasteiger charge is -2.29. The Balaban J connectivity index is 1.53. The number of aromatic nitrogens is 5. The number of H-pyrrole nitrogens is 1. The summed E-state index contributed by atoms with van der Waals surface area (Å²) in [6, 6.07) is -0.0745. The van der Waals surface area contributed by atoms with Gasteiger partial charge in [-0.25, -0.2) is 14.8 Å². The Morgan fingerprint density at radius 3 is 2.96 bits per heavy atom. The number of aromatic amines is 1. The van der Waals surface area contributed by atoms with E-state index in [4.69, 9.17) is 10.5 Å². The van der Waals surface area contributed by atoms with Crippen molar-refractivity contribution in [2.45, 2.75) is 18.6 Å². The normalized spacial score (nSPS) is 25.5. The number of hydrogen-bond donors (Lipinski definition) is 3. The standard InChI is InChI=1S/C18H18BrN7O2/c1-26-7-10(5-22-26)16-24-14-13(11(19)6-21-17(14)25-16)23-12-8-2-3-9(4-8)15(12)28-18(20)27/h2-3,5-9,12,15H,4H2,1H3,(H2,20,27)(H2,21,23,24,25)/t8-,9+,12+,15-/m0/s1. The highest BCUT2D eigenvalue weighted by Crippen LogP contribution is 2.44. The van der Waals surface area contributed by atoms with Crippen LogP contribution < -0.4 is 11.1 Å². The molecular formula is C18H18BrN7O2. The Bertz CT molecular complexity index is 1100. The molecule has 1 fully saturated rings. The van der Waals surface area contributed by atoms with E-state index >= 15 is 0 Å². The number of nitrogens with one attached hydrogen (secondary N) is 2. The Labute approximate surface area is 168 Å². The number of fused-ring (bicyclic) bond motifs is 3. The SMILES string of the molecule is Cn1cc(-c2nc3ncc(Br)c(N[C@H]4[C@@H](OC(N)=O)[C@@H]5C=C[C@H]4C5)c3[nH]2)cn1. The van der Waals surface area contributed by atoms with E-state index in [0.717, 1.165) is 27.7 Å². The minimum Gasteiger partial charge on any atom is -0.444 e. The van der Waals surface area contributed by atoms with Crippen molar-refractivity contribution in [1.82, 2.24) is 24.7 Å². The molecule has 1 amide bonds. The highest BCUT2D eigenvalue weighted by Gasteiger charge is 2.47. The first-order valence-electron chi connectivity index (χ1n) is 8.94. The molecule has 4 N–H and O–H groups in total. The first kappa shape index (κ1) is 17.2. The zero-order valence-corrected chi connectivity index (χ0v) is 16.5. The second-order valence-corrected chi connectivity index (χ2v) is 8.04. The van der Waals surface area contributed by atoms with Crippen molar-refractivity contribution in [3.05, 3.63) is 35.2 Å². The average molecular weight is 444 g/mol. The minimum atomic E-state index is -0.753. The van der Waals surface area contributed by atoms with Crippen LogP contribution in [0.4, 0.5) is 10.5 Å². The third-order valence-electron chi connectivity index (χ3n) is 5.40. The molecule has 144 valence electrons. The van der Waals surface area contributed by atoms with E-state index in [1.165, 1.54) is 0 Å². The van der Waals surface area contributed by atoms with Crippen LogP contribution in [-0.2, 0) is 11.8 Å². The lowest BCUT2D eigenvalue weighted by Crippen LogP contribution is -2.41. The molecule has 0 radical (unpaired) electrons. The van der Waals surface area contributed by atoms with Crippen molar-refractivity contribution in [1.29, 1.82) is 0 Å². The molecule has 0 saturated heterocycles. The van der Waals surface area contributed by atoms with Crippen LogP contribution in [-0.4, -0.2) is 43.0 Å². The summed E-state index contributed by atoms with van der Waals surface area (Å²) in [4.78, 5) is 23.7. The molecule has 5 rings (SSSR count). The number of ether oxygens (including phenoxy) is 1. The van der Waals surface area contributed by atoms with Gasteiger partial charge in [0.25, 0.3) is 0 Å². The molecule has 3 aromatic rings. The fraction of sp³-hybridized carbons (Fsp3) is 0.333. The van der Waals surface area contributed by atoms with Gasteiger partial charge in [-0.1, -0.05) is 12.2 Å². The number of halogens is 1. The lowest BCUT2D eigenvalue weighted by atomic mass is 9.98. The van der Waals surface area contributed by atoms with Crippen molar-refractivity contribution in [3.63, 3.8) is 0 Å². The van der Waals surface area contributed by atoms with Gasteiger partial charge in [0.15, 0.2) is 5.65 Å².